The maximum Gasteiger partial charge on any atom is 0.214 e. The summed E-state index contributed by atoms with van der Waals surface area (Å²) >= 11 is 3.37. The minimum absolute atomic E-state index is 0.408. The largest absolute Gasteiger partial charge is 0.496 e. The summed E-state index contributed by atoms with van der Waals surface area (Å²) in [5, 5.41) is 38.3. The highest BCUT2D eigenvalue weighted by Gasteiger charge is 2.78. The number of hydrogen-bond donors (Lipinski definition) is 1. The van der Waals surface area contributed by atoms with Crippen LogP contribution >= 0.6 is 15.9 Å². The van der Waals surface area contributed by atoms with Crippen LogP contribution in [0, 0.1) is 56.2 Å². The molecule has 0 saturated carbocycles. The zero-order valence-electron chi connectivity index (χ0n) is 14.3. The van der Waals surface area contributed by atoms with E-state index in [2.05, 4.69) is 22.0 Å². The third-order valence-electron chi connectivity index (χ3n) is 5.47. The normalized spacial score (nSPS) is 34.1. The van der Waals surface area contributed by atoms with Crippen LogP contribution in [0.1, 0.15) is 25.5 Å². The summed E-state index contributed by atoms with van der Waals surface area (Å²) in [6.07, 6.45) is -1.14. The molecule has 1 aromatic carbocycles. The first-order valence-corrected chi connectivity index (χ1v) is 8.58. The predicted molar refractivity (Wildman–Crippen MR) is 92.6 cm³/mol. The number of hydrogen-bond acceptors (Lipinski definition) is 7. The van der Waals surface area contributed by atoms with Crippen LogP contribution in [0.4, 0.5) is 0 Å². The summed E-state index contributed by atoms with van der Waals surface area (Å²) in [7, 11) is 1.47. The standard InChI is InChI=1S/C18H15BrN4O3/c1-10-16(2)25-14(12-6-11(19)4-5-13(12)24-3)17(7-20,8-21)18(10,9-22)15(23)26-16/h4-6,10,14,23H,1-3H3. The molecule has 2 bridgehead atoms. The zero-order chi connectivity index (χ0) is 19.3. The molecule has 2 heterocycles. The van der Waals surface area contributed by atoms with Crippen LogP contribution in [-0.4, -0.2) is 18.8 Å². The van der Waals surface area contributed by atoms with Crippen molar-refractivity contribution in [3.63, 3.8) is 0 Å². The van der Waals surface area contributed by atoms with Gasteiger partial charge in [-0.1, -0.05) is 22.9 Å². The van der Waals surface area contributed by atoms with Crippen molar-refractivity contribution in [1.29, 1.82) is 21.2 Å². The molecule has 4 atom stereocenters. The number of nitrogens with one attached hydrogen (secondary N) is 1. The summed E-state index contributed by atoms with van der Waals surface area (Å²) < 4.78 is 17.8. The first-order chi connectivity index (χ1) is 12.3. The second-order valence-electron chi connectivity index (χ2n) is 6.50. The molecular weight excluding hydrogens is 400 g/mol. The van der Waals surface area contributed by atoms with Crippen LogP contribution in [-0.2, 0) is 9.47 Å². The molecule has 3 rings (SSSR count). The van der Waals surface area contributed by atoms with Gasteiger partial charge in [0.2, 0.25) is 17.1 Å². The van der Waals surface area contributed by atoms with E-state index in [-0.39, 0.29) is 0 Å². The smallest absolute Gasteiger partial charge is 0.214 e. The van der Waals surface area contributed by atoms with Gasteiger partial charge in [0.05, 0.1) is 31.2 Å². The van der Waals surface area contributed by atoms with Crippen LogP contribution in [0.2, 0.25) is 0 Å². The molecular formula is C18H15BrN4O3. The van der Waals surface area contributed by atoms with Gasteiger partial charge in [-0.05, 0) is 18.2 Å². The zero-order valence-corrected chi connectivity index (χ0v) is 15.9. The van der Waals surface area contributed by atoms with E-state index in [0.29, 0.717) is 15.8 Å². The van der Waals surface area contributed by atoms with E-state index in [1.165, 1.54) is 7.11 Å². The van der Waals surface area contributed by atoms with Gasteiger partial charge in [-0.25, -0.2) is 0 Å². The Morgan fingerprint density at radius 2 is 1.88 bits per heavy atom. The third-order valence-corrected chi connectivity index (χ3v) is 5.96. The van der Waals surface area contributed by atoms with Gasteiger partial charge in [0, 0.05) is 17.0 Å². The average molecular weight is 415 g/mol. The lowest BCUT2D eigenvalue weighted by Crippen LogP contribution is -2.57. The second-order valence-corrected chi connectivity index (χ2v) is 7.42. The molecule has 4 unspecified atom stereocenters. The monoisotopic (exact) mass is 414 g/mol. The Bertz CT molecular complexity index is 914. The van der Waals surface area contributed by atoms with E-state index in [1.807, 2.05) is 12.1 Å². The van der Waals surface area contributed by atoms with Gasteiger partial charge in [-0.3, -0.25) is 5.41 Å². The molecule has 2 fully saturated rings. The fraction of sp³-hybridized carbons (Fsp3) is 0.444. The number of nitriles is 3. The first kappa shape index (κ1) is 18.2. The highest BCUT2D eigenvalue weighted by molar-refractivity contribution is 9.10. The number of benzene rings is 1. The molecule has 2 saturated heterocycles. The Morgan fingerprint density at radius 1 is 1.23 bits per heavy atom. The third kappa shape index (κ3) is 1.90. The summed E-state index contributed by atoms with van der Waals surface area (Å²) in [6.45, 7) is 3.27. The molecule has 0 radical (unpaired) electrons. The van der Waals surface area contributed by atoms with Gasteiger partial charge in [0.15, 0.2) is 5.41 Å². The van der Waals surface area contributed by atoms with E-state index >= 15 is 0 Å². The van der Waals surface area contributed by atoms with Crippen molar-refractivity contribution in [2.45, 2.75) is 25.7 Å². The van der Waals surface area contributed by atoms with Gasteiger partial charge in [0.1, 0.15) is 11.9 Å². The van der Waals surface area contributed by atoms with Crippen LogP contribution < -0.4 is 4.74 Å². The quantitative estimate of drug-likeness (QED) is 0.790. The van der Waals surface area contributed by atoms with E-state index < -0.39 is 34.5 Å². The van der Waals surface area contributed by atoms with Crippen LogP contribution in [0.15, 0.2) is 22.7 Å². The Kier molecular flexibility index (Phi) is 3.99. The summed E-state index contributed by atoms with van der Waals surface area (Å²) in [4.78, 5) is 0. The average Bonchev–Trinajstić information content (AvgIpc) is 2.77. The number of nitrogens with zero attached hydrogens (tertiary/aromatic N) is 3. The fourth-order valence-corrected chi connectivity index (χ4v) is 4.28. The number of rotatable bonds is 2. The van der Waals surface area contributed by atoms with Crippen molar-refractivity contribution in [3.8, 4) is 24.0 Å². The number of fused-ring (bicyclic) bond motifs is 2. The number of ether oxygens (including phenoxy) is 3. The van der Waals surface area contributed by atoms with Gasteiger partial charge in [-0.15, -0.1) is 0 Å². The summed E-state index contributed by atoms with van der Waals surface area (Å²) in [5.41, 5.74) is -3.31. The van der Waals surface area contributed by atoms with Crippen molar-refractivity contribution < 1.29 is 14.2 Å². The van der Waals surface area contributed by atoms with Crippen molar-refractivity contribution in [2.24, 2.45) is 16.7 Å². The van der Waals surface area contributed by atoms with Crippen LogP contribution in [0.5, 0.6) is 5.75 Å². The highest BCUT2D eigenvalue weighted by atomic mass is 79.9. The Hall–Kier alpha value is -2.60. The topological polar surface area (TPSA) is 123 Å². The number of methoxy groups -OCH3 is 1. The maximum absolute atomic E-state index is 10.0. The molecule has 1 N–H and O–H groups in total. The van der Waals surface area contributed by atoms with Crippen LogP contribution in [0.3, 0.4) is 0 Å². The molecule has 0 aromatic heterocycles. The Labute approximate surface area is 159 Å². The molecule has 2 aliphatic rings. The minimum Gasteiger partial charge on any atom is -0.496 e. The summed E-state index contributed by atoms with van der Waals surface area (Å²) in [6, 6.07) is 11.1. The minimum atomic E-state index is -1.98. The Morgan fingerprint density at radius 3 is 2.42 bits per heavy atom. The van der Waals surface area contributed by atoms with Gasteiger partial charge in [0.25, 0.3) is 0 Å². The van der Waals surface area contributed by atoms with Gasteiger partial charge < -0.3 is 14.2 Å². The highest BCUT2D eigenvalue weighted by Crippen LogP contribution is 2.66. The van der Waals surface area contributed by atoms with E-state index in [9.17, 15) is 15.8 Å². The lowest BCUT2D eigenvalue weighted by Gasteiger charge is -2.47. The predicted octanol–water partition coefficient (Wildman–Crippen LogP) is 3.43. The van der Waals surface area contributed by atoms with Crippen molar-refractivity contribution in [2.75, 3.05) is 7.11 Å². The first-order valence-electron chi connectivity index (χ1n) is 7.79. The maximum atomic E-state index is 10.0. The molecule has 1 aromatic rings. The molecule has 7 nitrogen and oxygen atoms in total. The Balaban J connectivity index is 2.37. The summed E-state index contributed by atoms with van der Waals surface area (Å²) in [5.74, 6) is -2.02. The molecule has 132 valence electrons. The molecule has 8 heteroatoms. The fourth-order valence-electron chi connectivity index (χ4n) is 3.90. The van der Waals surface area contributed by atoms with Crippen molar-refractivity contribution >= 4 is 21.8 Å². The van der Waals surface area contributed by atoms with Crippen molar-refractivity contribution in [3.05, 3.63) is 28.2 Å². The SMILES string of the molecule is COc1ccc(Br)cc1C1OC2(C)OC(=N)C(C#N)(C2C)C1(C#N)C#N. The molecule has 0 aliphatic carbocycles. The van der Waals surface area contributed by atoms with E-state index in [0.717, 1.165) is 0 Å². The van der Waals surface area contributed by atoms with Gasteiger partial charge in [-0.2, -0.15) is 15.8 Å². The molecule has 26 heavy (non-hydrogen) atoms. The van der Waals surface area contributed by atoms with Gasteiger partial charge >= 0.3 is 0 Å². The molecule has 0 spiro atoms. The van der Waals surface area contributed by atoms with E-state index in [1.54, 1.807) is 32.0 Å². The molecule has 0 amide bonds. The van der Waals surface area contributed by atoms with Crippen LogP contribution in [0.25, 0.3) is 0 Å². The second kappa shape index (κ2) is 5.71. The number of halogens is 1. The lowest BCUT2D eigenvalue weighted by molar-refractivity contribution is -0.269. The van der Waals surface area contributed by atoms with E-state index in [4.69, 9.17) is 19.6 Å². The van der Waals surface area contributed by atoms with Crippen molar-refractivity contribution in [1.82, 2.24) is 0 Å². The lowest BCUT2D eigenvalue weighted by atomic mass is 9.54. The molecule has 2 aliphatic heterocycles.